The zero-order valence-corrected chi connectivity index (χ0v) is 25.5. The van der Waals surface area contributed by atoms with Crippen LogP contribution in [0.15, 0.2) is 90.6 Å². The van der Waals surface area contributed by atoms with E-state index in [4.69, 9.17) is 25.9 Å². The van der Waals surface area contributed by atoms with Crippen LogP contribution in [0.1, 0.15) is 41.9 Å². The molecule has 0 unspecified atom stereocenters. The van der Waals surface area contributed by atoms with Crippen LogP contribution in [-0.2, 0) is 23.9 Å². The Labute approximate surface area is 265 Å². The lowest BCUT2D eigenvalue weighted by Crippen LogP contribution is -2.53. The fourth-order valence-electron chi connectivity index (χ4n) is 7.08. The third-order valence-corrected chi connectivity index (χ3v) is 9.70. The van der Waals surface area contributed by atoms with Crippen molar-refractivity contribution >= 4 is 35.3 Å². The number of esters is 1. The minimum atomic E-state index is -1.21. The minimum absolute atomic E-state index is 0.0748. The van der Waals surface area contributed by atoms with Gasteiger partial charge in [-0.1, -0.05) is 83.5 Å². The molecule has 1 saturated carbocycles. The summed E-state index contributed by atoms with van der Waals surface area (Å²) in [7, 11) is 1.28. The van der Waals surface area contributed by atoms with Gasteiger partial charge in [0.15, 0.2) is 5.60 Å². The molecule has 2 heterocycles. The van der Waals surface area contributed by atoms with Crippen LogP contribution in [0.4, 0.5) is 4.79 Å². The fourth-order valence-corrected chi connectivity index (χ4v) is 7.27. The molecule has 45 heavy (non-hydrogen) atoms. The van der Waals surface area contributed by atoms with Crippen molar-refractivity contribution in [2.75, 3.05) is 20.3 Å². The molecule has 230 valence electrons. The van der Waals surface area contributed by atoms with Gasteiger partial charge < -0.3 is 19.6 Å². The van der Waals surface area contributed by atoms with Gasteiger partial charge in [-0.3, -0.25) is 9.69 Å². The van der Waals surface area contributed by atoms with E-state index >= 15 is 0 Å². The summed E-state index contributed by atoms with van der Waals surface area (Å²) in [6.45, 7) is 3.96. The highest BCUT2D eigenvalue weighted by atomic mass is 35.5. The maximum absolute atomic E-state index is 13.9. The van der Waals surface area contributed by atoms with Crippen LogP contribution < -0.4 is 5.32 Å². The lowest BCUT2D eigenvalue weighted by atomic mass is 9.91. The molecule has 2 aliphatic heterocycles. The second kappa shape index (κ2) is 11.1. The van der Waals surface area contributed by atoms with Crippen LogP contribution in [0.2, 0.25) is 5.02 Å². The van der Waals surface area contributed by atoms with Gasteiger partial charge in [0, 0.05) is 35.3 Å². The van der Waals surface area contributed by atoms with Crippen molar-refractivity contribution in [1.29, 1.82) is 0 Å². The predicted octanol–water partition coefficient (Wildman–Crippen LogP) is 5.46. The summed E-state index contributed by atoms with van der Waals surface area (Å²) in [4.78, 5) is 47.9. The number of methoxy groups -OCH3 is 1. The van der Waals surface area contributed by atoms with Crippen molar-refractivity contribution < 1.29 is 28.7 Å². The first-order valence-electron chi connectivity index (χ1n) is 14.9. The Morgan fingerprint density at radius 2 is 1.78 bits per heavy atom. The van der Waals surface area contributed by atoms with Crippen LogP contribution >= 0.6 is 11.6 Å². The normalized spacial score (nSPS) is 26.0. The second-order valence-corrected chi connectivity index (χ2v) is 12.6. The number of rotatable bonds is 7. The van der Waals surface area contributed by atoms with E-state index in [2.05, 4.69) is 29.2 Å². The number of halogens is 1. The van der Waals surface area contributed by atoms with Gasteiger partial charge in [-0.15, -0.1) is 6.58 Å². The molecule has 2 fully saturated rings. The summed E-state index contributed by atoms with van der Waals surface area (Å²) in [5.41, 5.74) is 3.71. The molecule has 0 bridgehead atoms. The summed E-state index contributed by atoms with van der Waals surface area (Å²) in [6, 6.07) is 22.5. The van der Waals surface area contributed by atoms with E-state index < -0.39 is 35.2 Å². The van der Waals surface area contributed by atoms with E-state index in [-0.39, 0.29) is 31.4 Å². The predicted molar refractivity (Wildman–Crippen MR) is 168 cm³/mol. The molecule has 0 radical (unpaired) electrons. The van der Waals surface area contributed by atoms with Crippen molar-refractivity contribution in [3.63, 3.8) is 0 Å². The average molecular weight is 626 g/mol. The number of ether oxygens (including phenoxy) is 2. The van der Waals surface area contributed by atoms with Gasteiger partial charge >= 0.3 is 12.1 Å². The molecular weight excluding hydrogens is 594 g/mol. The smallest absolute Gasteiger partial charge is 0.410 e. The third kappa shape index (κ3) is 4.95. The SMILES string of the molecule is C=C[C@@H]1C[C@]1(NC(=O)[C@@H]1C[C@]2(CC(c3cccc(Cl)c3)=NO2)CN1C(=O)OCC1c2ccccc2-c2ccccc21)C(=O)OC. The Bertz CT molecular complexity index is 1710. The highest BCUT2D eigenvalue weighted by Crippen LogP contribution is 2.47. The molecule has 2 aliphatic carbocycles. The Morgan fingerprint density at radius 1 is 1.07 bits per heavy atom. The van der Waals surface area contributed by atoms with Gasteiger partial charge in [-0.05, 0) is 40.8 Å². The molecule has 3 aromatic carbocycles. The lowest BCUT2D eigenvalue weighted by molar-refractivity contribution is -0.147. The van der Waals surface area contributed by atoms with E-state index in [9.17, 15) is 14.4 Å². The van der Waals surface area contributed by atoms with Gasteiger partial charge in [0.2, 0.25) is 5.91 Å². The zero-order chi connectivity index (χ0) is 31.3. The van der Waals surface area contributed by atoms with Gasteiger partial charge in [0.25, 0.3) is 0 Å². The first-order valence-corrected chi connectivity index (χ1v) is 15.3. The van der Waals surface area contributed by atoms with Crippen LogP contribution in [0.5, 0.6) is 0 Å². The van der Waals surface area contributed by atoms with Gasteiger partial charge in [-0.2, -0.15) is 0 Å². The first-order chi connectivity index (χ1) is 21.8. The summed E-state index contributed by atoms with van der Waals surface area (Å²) < 4.78 is 11.0. The van der Waals surface area contributed by atoms with E-state index in [1.807, 2.05) is 48.5 Å². The number of likely N-dealkylation sites (tertiary alicyclic amines) is 1. The largest absolute Gasteiger partial charge is 0.467 e. The number of nitrogens with one attached hydrogen (secondary N) is 1. The molecule has 4 atom stereocenters. The van der Waals surface area contributed by atoms with E-state index in [1.54, 1.807) is 18.2 Å². The molecule has 2 amide bonds. The van der Waals surface area contributed by atoms with Gasteiger partial charge in [0.1, 0.15) is 18.2 Å². The molecule has 7 rings (SSSR count). The van der Waals surface area contributed by atoms with Crippen molar-refractivity contribution in [3.05, 3.63) is 107 Å². The molecule has 0 aromatic heterocycles. The lowest BCUT2D eigenvalue weighted by Gasteiger charge is -2.26. The quantitative estimate of drug-likeness (QED) is 0.276. The van der Waals surface area contributed by atoms with Crippen molar-refractivity contribution in [1.82, 2.24) is 10.2 Å². The third-order valence-electron chi connectivity index (χ3n) is 9.47. The zero-order valence-electron chi connectivity index (χ0n) is 24.7. The molecule has 9 nitrogen and oxygen atoms in total. The standard InChI is InChI=1S/C35H32ClN3O6/c1-3-22-16-35(22,32(41)43-2)37-31(40)30-18-34(17-29(38-45-34)21-9-8-10-23(36)15-21)20-39(30)33(42)44-19-28-26-13-6-4-11-24(26)25-12-5-7-14-27(25)28/h3-15,22,28,30H,1,16-20H2,2H3,(H,37,40)/t22-,30+,34-,35-/m1/s1. The molecule has 3 aromatic rings. The van der Waals surface area contributed by atoms with Crippen LogP contribution in [0.3, 0.4) is 0 Å². The molecule has 4 aliphatic rings. The molecular formula is C35H32ClN3O6. The number of hydrogen-bond donors (Lipinski definition) is 1. The number of hydrogen-bond acceptors (Lipinski definition) is 7. The number of oxime groups is 1. The van der Waals surface area contributed by atoms with E-state index in [1.165, 1.54) is 12.0 Å². The molecule has 10 heteroatoms. The Kier molecular flexibility index (Phi) is 7.16. The Hall–Kier alpha value is -4.63. The molecule has 1 N–H and O–H groups in total. The van der Waals surface area contributed by atoms with Crippen LogP contribution in [-0.4, -0.2) is 66.0 Å². The molecule has 1 saturated heterocycles. The summed E-state index contributed by atoms with van der Waals surface area (Å²) >= 11 is 6.22. The maximum atomic E-state index is 13.9. The minimum Gasteiger partial charge on any atom is -0.467 e. The average Bonchev–Trinajstić information content (AvgIpc) is 3.32. The Morgan fingerprint density at radius 3 is 2.42 bits per heavy atom. The number of carbonyl (C=O) groups is 3. The first kappa shape index (κ1) is 29.1. The highest BCUT2D eigenvalue weighted by molar-refractivity contribution is 6.31. The van der Waals surface area contributed by atoms with Gasteiger partial charge in [-0.25, -0.2) is 9.59 Å². The number of fused-ring (bicyclic) bond motifs is 3. The van der Waals surface area contributed by atoms with Crippen molar-refractivity contribution in [2.45, 2.75) is 42.4 Å². The van der Waals surface area contributed by atoms with E-state index in [0.29, 0.717) is 23.6 Å². The summed E-state index contributed by atoms with van der Waals surface area (Å²) in [5, 5.41) is 7.79. The van der Waals surface area contributed by atoms with Gasteiger partial charge in [0.05, 0.1) is 19.4 Å². The molecule has 1 spiro atoms. The topological polar surface area (TPSA) is 107 Å². The Balaban J connectivity index is 1.13. The van der Waals surface area contributed by atoms with Crippen molar-refractivity contribution in [2.24, 2.45) is 11.1 Å². The summed E-state index contributed by atoms with van der Waals surface area (Å²) in [6.07, 6.45) is 1.88. The number of benzene rings is 3. The monoisotopic (exact) mass is 625 g/mol. The number of amides is 2. The fraction of sp³-hybridized carbons (Fsp3) is 0.314. The number of nitrogens with zero attached hydrogens (tertiary/aromatic N) is 2. The number of carbonyl (C=O) groups excluding carboxylic acids is 3. The highest BCUT2D eigenvalue weighted by Gasteiger charge is 2.63. The van der Waals surface area contributed by atoms with Crippen LogP contribution in [0, 0.1) is 5.92 Å². The van der Waals surface area contributed by atoms with E-state index in [0.717, 1.165) is 27.8 Å². The van der Waals surface area contributed by atoms with Crippen molar-refractivity contribution in [3.8, 4) is 11.1 Å². The summed E-state index contributed by atoms with van der Waals surface area (Å²) in [5.74, 6) is -1.46. The second-order valence-electron chi connectivity index (χ2n) is 12.1. The van der Waals surface area contributed by atoms with Crippen LogP contribution in [0.25, 0.3) is 11.1 Å². The maximum Gasteiger partial charge on any atom is 0.410 e.